The summed E-state index contributed by atoms with van der Waals surface area (Å²) in [5.41, 5.74) is 1.63. The molecule has 0 atom stereocenters. The summed E-state index contributed by atoms with van der Waals surface area (Å²) >= 11 is 5.45. The van der Waals surface area contributed by atoms with Gasteiger partial charge in [-0.3, -0.25) is 10.1 Å². The van der Waals surface area contributed by atoms with E-state index >= 15 is 0 Å². The van der Waals surface area contributed by atoms with Crippen molar-refractivity contribution in [3.8, 4) is 11.3 Å². The summed E-state index contributed by atoms with van der Waals surface area (Å²) in [6.45, 7) is 0. The van der Waals surface area contributed by atoms with Gasteiger partial charge in [-0.2, -0.15) is 4.98 Å². The fourth-order valence-corrected chi connectivity index (χ4v) is 1.51. The predicted octanol–water partition coefficient (Wildman–Crippen LogP) is 2.91. The number of rotatable bonds is 4. The number of hydrogen-bond acceptors (Lipinski definition) is 3. The molecule has 1 amide bonds. The SMILES string of the molecule is O=C(CCCl)Nc1nc(-c2ccccc2)co1. The number of aromatic nitrogens is 1. The number of anilines is 1. The molecule has 1 N–H and O–H groups in total. The fraction of sp³-hybridized carbons (Fsp3) is 0.167. The Hall–Kier alpha value is -1.81. The molecule has 4 nitrogen and oxygen atoms in total. The minimum atomic E-state index is -0.207. The summed E-state index contributed by atoms with van der Waals surface area (Å²) in [7, 11) is 0. The van der Waals surface area contributed by atoms with Crippen molar-refractivity contribution in [3.63, 3.8) is 0 Å². The topological polar surface area (TPSA) is 55.1 Å². The molecule has 0 saturated carbocycles. The molecule has 88 valence electrons. The van der Waals surface area contributed by atoms with Crippen molar-refractivity contribution >= 4 is 23.5 Å². The minimum Gasteiger partial charge on any atom is -0.431 e. The van der Waals surface area contributed by atoms with Crippen LogP contribution in [0.1, 0.15) is 6.42 Å². The van der Waals surface area contributed by atoms with Gasteiger partial charge in [0.2, 0.25) is 5.91 Å². The molecule has 2 rings (SSSR count). The van der Waals surface area contributed by atoms with Gasteiger partial charge in [-0.05, 0) is 0 Å². The highest BCUT2D eigenvalue weighted by Crippen LogP contribution is 2.20. The van der Waals surface area contributed by atoms with Gasteiger partial charge in [-0.1, -0.05) is 30.3 Å². The Morgan fingerprint density at radius 2 is 2.12 bits per heavy atom. The second kappa shape index (κ2) is 5.50. The van der Waals surface area contributed by atoms with Crippen LogP contribution >= 0.6 is 11.6 Å². The lowest BCUT2D eigenvalue weighted by Gasteiger charge is -1.96. The lowest BCUT2D eigenvalue weighted by Crippen LogP contribution is -2.11. The zero-order chi connectivity index (χ0) is 12.1. The Bertz CT molecular complexity index is 496. The van der Waals surface area contributed by atoms with Gasteiger partial charge in [-0.15, -0.1) is 11.6 Å². The Balaban J connectivity index is 2.09. The zero-order valence-corrected chi connectivity index (χ0v) is 9.78. The van der Waals surface area contributed by atoms with Crippen molar-refractivity contribution in [3.05, 3.63) is 36.6 Å². The lowest BCUT2D eigenvalue weighted by molar-refractivity contribution is -0.115. The summed E-state index contributed by atoms with van der Waals surface area (Å²) in [4.78, 5) is 15.4. The van der Waals surface area contributed by atoms with E-state index in [1.54, 1.807) is 0 Å². The van der Waals surface area contributed by atoms with Gasteiger partial charge in [0.15, 0.2) is 0 Å². The molecule has 0 fully saturated rings. The van der Waals surface area contributed by atoms with Crippen LogP contribution < -0.4 is 5.32 Å². The molecule has 0 aliphatic carbocycles. The Kier molecular flexibility index (Phi) is 3.77. The van der Waals surface area contributed by atoms with Crippen LogP contribution in [0.25, 0.3) is 11.3 Å². The number of halogens is 1. The summed E-state index contributed by atoms with van der Waals surface area (Å²) in [6.07, 6.45) is 1.75. The molecule has 0 radical (unpaired) electrons. The highest BCUT2D eigenvalue weighted by molar-refractivity contribution is 6.19. The van der Waals surface area contributed by atoms with E-state index < -0.39 is 0 Å². The molecule has 1 aromatic heterocycles. The van der Waals surface area contributed by atoms with E-state index in [1.807, 2.05) is 30.3 Å². The van der Waals surface area contributed by atoms with Crippen molar-refractivity contribution in [1.82, 2.24) is 4.98 Å². The molecule has 0 aliphatic rings. The van der Waals surface area contributed by atoms with Crippen LogP contribution in [0, 0.1) is 0 Å². The first-order chi connectivity index (χ1) is 8.29. The number of alkyl halides is 1. The van der Waals surface area contributed by atoms with Gasteiger partial charge in [-0.25, -0.2) is 0 Å². The normalized spacial score (nSPS) is 10.2. The standard InChI is InChI=1S/C12H11ClN2O2/c13-7-6-11(16)15-12-14-10(8-17-12)9-4-2-1-3-5-9/h1-5,8H,6-7H2,(H,14,15,16). The van der Waals surface area contributed by atoms with E-state index in [4.69, 9.17) is 16.0 Å². The van der Waals surface area contributed by atoms with E-state index in [0.29, 0.717) is 5.69 Å². The van der Waals surface area contributed by atoms with E-state index in [9.17, 15) is 4.79 Å². The van der Waals surface area contributed by atoms with Crippen molar-refractivity contribution < 1.29 is 9.21 Å². The number of nitrogens with one attached hydrogen (secondary N) is 1. The maximum Gasteiger partial charge on any atom is 0.301 e. The number of carbonyl (C=O) groups is 1. The molecule has 0 saturated heterocycles. The number of benzene rings is 1. The second-order valence-corrected chi connectivity index (χ2v) is 3.77. The number of carbonyl (C=O) groups excluding carboxylic acids is 1. The third-order valence-electron chi connectivity index (χ3n) is 2.14. The van der Waals surface area contributed by atoms with Gasteiger partial charge >= 0.3 is 6.01 Å². The van der Waals surface area contributed by atoms with Gasteiger partial charge in [0.05, 0.1) is 0 Å². The highest BCUT2D eigenvalue weighted by atomic mass is 35.5. The van der Waals surface area contributed by atoms with Crippen molar-refractivity contribution in [2.45, 2.75) is 6.42 Å². The summed E-state index contributed by atoms with van der Waals surface area (Å²) in [5, 5.41) is 2.53. The van der Waals surface area contributed by atoms with Crippen LogP contribution in [0.3, 0.4) is 0 Å². The van der Waals surface area contributed by atoms with Crippen LogP contribution in [0.2, 0.25) is 0 Å². The van der Waals surface area contributed by atoms with Gasteiger partial charge in [0.1, 0.15) is 12.0 Å². The molecule has 0 spiro atoms. The monoisotopic (exact) mass is 250 g/mol. The lowest BCUT2D eigenvalue weighted by atomic mass is 10.2. The number of hydrogen-bond donors (Lipinski definition) is 1. The van der Waals surface area contributed by atoms with Crippen LogP contribution in [0.4, 0.5) is 6.01 Å². The minimum absolute atomic E-state index is 0.193. The van der Waals surface area contributed by atoms with Crippen molar-refractivity contribution in [1.29, 1.82) is 0 Å². The first kappa shape index (κ1) is 11.7. The highest BCUT2D eigenvalue weighted by Gasteiger charge is 2.08. The first-order valence-corrected chi connectivity index (χ1v) is 5.70. The van der Waals surface area contributed by atoms with Crippen molar-refractivity contribution in [2.24, 2.45) is 0 Å². The molecular formula is C12H11ClN2O2. The Labute approximate surface area is 104 Å². The Morgan fingerprint density at radius 1 is 1.35 bits per heavy atom. The van der Waals surface area contributed by atoms with E-state index in [0.717, 1.165) is 5.56 Å². The fourth-order valence-electron chi connectivity index (χ4n) is 1.34. The number of amides is 1. The van der Waals surface area contributed by atoms with Crippen molar-refractivity contribution in [2.75, 3.05) is 11.2 Å². The molecule has 0 aliphatic heterocycles. The molecule has 1 aromatic carbocycles. The largest absolute Gasteiger partial charge is 0.431 e. The first-order valence-electron chi connectivity index (χ1n) is 5.16. The summed E-state index contributed by atoms with van der Waals surface area (Å²) in [6, 6.07) is 9.78. The number of oxazole rings is 1. The third-order valence-corrected chi connectivity index (χ3v) is 2.33. The molecule has 0 unspecified atom stereocenters. The average Bonchev–Trinajstić information content (AvgIpc) is 2.79. The summed E-state index contributed by atoms with van der Waals surface area (Å²) < 4.78 is 5.15. The molecule has 0 bridgehead atoms. The number of nitrogens with zero attached hydrogens (tertiary/aromatic N) is 1. The van der Waals surface area contributed by atoms with Crippen LogP contribution in [0.15, 0.2) is 41.0 Å². The maximum atomic E-state index is 11.3. The molecule has 2 aromatic rings. The van der Waals surface area contributed by atoms with Crippen LogP contribution in [0.5, 0.6) is 0 Å². The maximum absolute atomic E-state index is 11.3. The second-order valence-electron chi connectivity index (χ2n) is 3.39. The van der Waals surface area contributed by atoms with Crippen LogP contribution in [-0.4, -0.2) is 16.8 Å². The van der Waals surface area contributed by atoms with E-state index in [-0.39, 0.29) is 24.2 Å². The predicted molar refractivity (Wildman–Crippen MR) is 65.9 cm³/mol. The zero-order valence-electron chi connectivity index (χ0n) is 9.02. The molecular weight excluding hydrogens is 240 g/mol. The van der Waals surface area contributed by atoms with Gasteiger partial charge in [0, 0.05) is 17.9 Å². The molecule has 1 heterocycles. The quantitative estimate of drug-likeness (QED) is 0.849. The Morgan fingerprint density at radius 3 is 2.82 bits per heavy atom. The van der Waals surface area contributed by atoms with Crippen LogP contribution in [-0.2, 0) is 4.79 Å². The van der Waals surface area contributed by atoms with Gasteiger partial charge in [0.25, 0.3) is 0 Å². The molecule has 17 heavy (non-hydrogen) atoms. The average molecular weight is 251 g/mol. The van der Waals surface area contributed by atoms with E-state index in [1.165, 1.54) is 6.26 Å². The molecule has 5 heteroatoms. The van der Waals surface area contributed by atoms with Gasteiger partial charge < -0.3 is 4.42 Å². The summed E-state index contributed by atoms with van der Waals surface area (Å²) in [5.74, 6) is 0.0689. The third kappa shape index (κ3) is 3.07. The van der Waals surface area contributed by atoms with E-state index in [2.05, 4.69) is 10.3 Å². The smallest absolute Gasteiger partial charge is 0.301 e.